The molecule has 1 aromatic rings. The van der Waals surface area contributed by atoms with Crippen LogP contribution in [0.15, 0.2) is 11.0 Å². The Hall–Kier alpha value is -2.87. The van der Waals surface area contributed by atoms with Crippen LogP contribution >= 0.6 is 0 Å². The second-order valence-corrected chi connectivity index (χ2v) is 4.65. The maximum absolute atomic E-state index is 11.0. The van der Waals surface area contributed by atoms with E-state index >= 15 is 0 Å². The smallest absolute Gasteiger partial charge is 0.393 e. The Labute approximate surface area is 108 Å². The highest BCUT2D eigenvalue weighted by Gasteiger charge is 2.44. The first-order valence-electron chi connectivity index (χ1n) is 4.35. The van der Waals surface area contributed by atoms with Crippen LogP contribution in [0.25, 0.3) is 0 Å². The van der Waals surface area contributed by atoms with Gasteiger partial charge in [-0.15, -0.1) is 0 Å². The van der Waals surface area contributed by atoms with Crippen molar-refractivity contribution in [1.82, 2.24) is 0 Å². The molecule has 0 unspecified atom stereocenters. The van der Waals surface area contributed by atoms with Crippen molar-refractivity contribution >= 4 is 32.9 Å². The van der Waals surface area contributed by atoms with E-state index in [2.05, 4.69) is 0 Å². The molecular formula is C6H4N4O9S. The molecule has 0 saturated heterocycles. The summed E-state index contributed by atoms with van der Waals surface area (Å²) in [6, 6.07) is 0.207. The molecule has 108 valence electrons. The molecule has 0 bridgehead atoms. The first-order chi connectivity index (χ1) is 8.98. The molecule has 0 heterocycles. The Morgan fingerprint density at radius 1 is 0.950 bits per heavy atom. The Morgan fingerprint density at radius 2 is 1.35 bits per heavy atom. The van der Waals surface area contributed by atoms with E-state index in [0.29, 0.717) is 0 Å². The third-order valence-corrected chi connectivity index (χ3v) is 2.93. The summed E-state index contributed by atoms with van der Waals surface area (Å²) in [5.41, 5.74) is -0.834. The Bertz CT molecular complexity index is 739. The summed E-state index contributed by atoms with van der Waals surface area (Å²) in [5.74, 6) is 0. The molecule has 1 rings (SSSR count). The molecule has 0 atom stereocenters. The van der Waals surface area contributed by atoms with Crippen LogP contribution in [0.2, 0.25) is 0 Å². The van der Waals surface area contributed by atoms with Crippen molar-refractivity contribution in [2.24, 2.45) is 0 Å². The number of hydrogen-bond acceptors (Lipinski definition) is 9. The zero-order valence-electron chi connectivity index (χ0n) is 9.12. The summed E-state index contributed by atoms with van der Waals surface area (Å²) in [7, 11) is -5.25. The molecule has 0 fully saturated rings. The van der Waals surface area contributed by atoms with Crippen molar-refractivity contribution in [2.75, 3.05) is 5.73 Å². The lowest BCUT2D eigenvalue weighted by Crippen LogP contribution is -2.10. The average Bonchev–Trinajstić information content (AvgIpc) is 2.24. The van der Waals surface area contributed by atoms with Gasteiger partial charge < -0.3 is 5.73 Å². The third kappa shape index (κ3) is 2.45. The fraction of sp³-hybridized carbons (Fsp3) is 0. The number of benzene rings is 1. The topological polar surface area (TPSA) is 210 Å². The van der Waals surface area contributed by atoms with Crippen LogP contribution in [-0.2, 0) is 10.1 Å². The Kier molecular flexibility index (Phi) is 3.54. The van der Waals surface area contributed by atoms with Crippen LogP contribution in [-0.4, -0.2) is 27.7 Å². The van der Waals surface area contributed by atoms with Crippen LogP contribution in [0.3, 0.4) is 0 Å². The zero-order chi connectivity index (χ0) is 15.8. The van der Waals surface area contributed by atoms with Gasteiger partial charge in [-0.05, 0) is 6.07 Å². The van der Waals surface area contributed by atoms with E-state index in [1.54, 1.807) is 0 Å². The lowest BCUT2D eigenvalue weighted by atomic mass is 10.2. The summed E-state index contributed by atoms with van der Waals surface area (Å²) in [6.07, 6.45) is 0. The number of nitro groups is 3. The predicted molar refractivity (Wildman–Crippen MR) is 60.6 cm³/mol. The molecule has 0 amide bonds. The molecule has 0 aliphatic rings. The fourth-order valence-electron chi connectivity index (χ4n) is 1.38. The van der Waals surface area contributed by atoms with Gasteiger partial charge in [0.2, 0.25) is 0 Å². The third-order valence-electron chi connectivity index (χ3n) is 2.07. The minimum absolute atomic E-state index is 0.207. The van der Waals surface area contributed by atoms with Gasteiger partial charge in [0.25, 0.3) is 0 Å². The highest BCUT2D eigenvalue weighted by Crippen LogP contribution is 2.44. The van der Waals surface area contributed by atoms with Crippen LogP contribution in [0.1, 0.15) is 0 Å². The van der Waals surface area contributed by atoms with Gasteiger partial charge in [0.1, 0.15) is 5.69 Å². The van der Waals surface area contributed by atoms with Crippen molar-refractivity contribution < 1.29 is 27.7 Å². The second kappa shape index (κ2) is 4.67. The van der Waals surface area contributed by atoms with Gasteiger partial charge in [-0.25, -0.2) is 0 Å². The molecule has 0 saturated carbocycles. The molecule has 3 N–H and O–H groups in total. The standard InChI is InChI=1S/C6H4N4O9S/c7-2-1-3(20(17,18)19)5(9(13)14)6(10(15)16)4(2)8(11)12/h1H,7H2,(H,17,18,19). The summed E-state index contributed by atoms with van der Waals surface area (Å²) in [5, 5.41) is 32.2. The maximum atomic E-state index is 11.0. The molecule has 0 aliphatic heterocycles. The van der Waals surface area contributed by atoms with Crippen LogP contribution in [0.4, 0.5) is 22.7 Å². The van der Waals surface area contributed by atoms with Crippen LogP contribution in [0.5, 0.6) is 0 Å². The summed E-state index contributed by atoms with van der Waals surface area (Å²) in [6.45, 7) is 0. The van der Waals surface area contributed by atoms with Crippen molar-refractivity contribution in [3.63, 3.8) is 0 Å². The lowest BCUT2D eigenvalue weighted by Gasteiger charge is -2.03. The summed E-state index contributed by atoms with van der Waals surface area (Å²) in [4.78, 5) is 26.2. The molecule has 0 radical (unpaired) electrons. The van der Waals surface area contributed by atoms with Crippen LogP contribution < -0.4 is 5.73 Å². The average molecular weight is 308 g/mol. The molecule has 13 nitrogen and oxygen atoms in total. The Morgan fingerprint density at radius 3 is 1.65 bits per heavy atom. The highest BCUT2D eigenvalue weighted by atomic mass is 32.2. The van der Waals surface area contributed by atoms with E-state index in [0.717, 1.165) is 0 Å². The van der Waals surface area contributed by atoms with Gasteiger partial charge in [-0.3, -0.25) is 34.9 Å². The van der Waals surface area contributed by atoms with Gasteiger partial charge in [-0.1, -0.05) is 0 Å². The first kappa shape index (κ1) is 15.2. The number of nitro benzene ring substituents is 3. The maximum Gasteiger partial charge on any atom is 0.426 e. The Balaban J connectivity index is 4.11. The van der Waals surface area contributed by atoms with Gasteiger partial charge in [0, 0.05) is 0 Å². The molecule has 0 spiro atoms. The van der Waals surface area contributed by atoms with E-state index in [1.165, 1.54) is 0 Å². The van der Waals surface area contributed by atoms with Crippen molar-refractivity contribution in [3.05, 3.63) is 36.4 Å². The van der Waals surface area contributed by atoms with E-state index in [1.807, 2.05) is 0 Å². The minimum Gasteiger partial charge on any atom is -0.393 e. The molecule has 0 aromatic heterocycles. The molecular weight excluding hydrogens is 304 g/mol. The highest BCUT2D eigenvalue weighted by molar-refractivity contribution is 7.86. The number of nitrogen functional groups attached to an aromatic ring is 1. The number of rotatable bonds is 4. The minimum atomic E-state index is -5.25. The van der Waals surface area contributed by atoms with E-state index < -0.39 is 52.5 Å². The van der Waals surface area contributed by atoms with Gasteiger partial charge >= 0.3 is 27.2 Å². The lowest BCUT2D eigenvalue weighted by molar-refractivity contribution is -0.441. The quantitative estimate of drug-likeness (QED) is 0.334. The van der Waals surface area contributed by atoms with E-state index in [-0.39, 0.29) is 6.07 Å². The second-order valence-electron chi connectivity index (χ2n) is 3.26. The van der Waals surface area contributed by atoms with Crippen LogP contribution in [0, 0.1) is 30.3 Å². The van der Waals surface area contributed by atoms with Crippen molar-refractivity contribution in [1.29, 1.82) is 0 Å². The number of anilines is 1. The van der Waals surface area contributed by atoms with Gasteiger partial charge in [0.15, 0.2) is 4.90 Å². The SMILES string of the molecule is Nc1cc(S(=O)(=O)O)c([N+](=O)[O-])c([N+](=O)[O-])c1[N+](=O)[O-]. The predicted octanol–water partition coefficient (Wildman–Crippen LogP) is 0.240. The van der Waals surface area contributed by atoms with Crippen molar-refractivity contribution in [3.8, 4) is 0 Å². The number of nitrogens with two attached hydrogens (primary N) is 1. The number of nitrogens with zero attached hydrogens (tertiary/aromatic N) is 3. The van der Waals surface area contributed by atoms with Gasteiger partial charge in [0.05, 0.1) is 14.8 Å². The first-order valence-corrected chi connectivity index (χ1v) is 5.79. The summed E-state index contributed by atoms with van der Waals surface area (Å²) >= 11 is 0. The fourth-order valence-corrected chi connectivity index (χ4v) is 2.07. The van der Waals surface area contributed by atoms with Gasteiger partial charge in [-0.2, -0.15) is 8.42 Å². The molecule has 14 heteroatoms. The monoisotopic (exact) mass is 308 g/mol. The zero-order valence-corrected chi connectivity index (χ0v) is 9.93. The largest absolute Gasteiger partial charge is 0.426 e. The summed E-state index contributed by atoms with van der Waals surface area (Å²) < 4.78 is 30.7. The normalized spacial score (nSPS) is 11.1. The number of hydrogen-bond donors (Lipinski definition) is 2. The molecule has 1 aromatic carbocycles. The van der Waals surface area contributed by atoms with E-state index in [4.69, 9.17) is 10.3 Å². The van der Waals surface area contributed by atoms with Crippen molar-refractivity contribution in [2.45, 2.75) is 4.90 Å². The molecule has 0 aliphatic carbocycles. The molecule has 20 heavy (non-hydrogen) atoms. The van der Waals surface area contributed by atoms with E-state index in [9.17, 15) is 38.8 Å².